The number of nitrogens with zero attached hydrogens (tertiary/aromatic N) is 1. The van der Waals surface area contributed by atoms with Crippen molar-refractivity contribution >= 4 is 11.8 Å². The average molecular weight is 290 g/mol. The molecule has 2 rings (SSSR count). The summed E-state index contributed by atoms with van der Waals surface area (Å²) < 4.78 is 5.62. The molecule has 3 atom stereocenters. The first-order valence-corrected chi connectivity index (χ1v) is 7.27. The Morgan fingerprint density at radius 1 is 1.19 bits per heavy atom. The highest BCUT2D eigenvalue weighted by molar-refractivity contribution is 5.97. The second-order valence-corrected chi connectivity index (χ2v) is 5.56. The number of hydrogen-bond acceptors (Lipinski definition) is 3. The van der Waals surface area contributed by atoms with Gasteiger partial charge in [0.25, 0.3) is 5.91 Å². The van der Waals surface area contributed by atoms with Crippen LogP contribution in [-0.4, -0.2) is 48.1 Å². The van der Waals surface area contributed by atoms with Crippen LogP contribution in [0.5, 0.6) is 0 Å². The van der Waals surface area contributed by atoms with Crippen molar-refractivity contribution in [3.8, 4) is 0 Å². The Hall–Kier alpha value is -1.88. The van der Waals surface area contributed by atoms with E-state index < -0.39 is 6.04 Å². The first kappa shape index (κ1) is 15.5. The minimum atomic E-state index is -0.546. The lowest BCUT2D eigenvalue weighted by Gasteiger charge is -2.36. The van der Waals surface area contributed by atoms with Crippen molar-refractivity contribution in [2.45, 2.75) is 39.0 Å². The van der Waals surface area contributed by atoms with Gasteiger partial charge in [-0.15, -0.1) is 0 Å². The molecule has 1 aliphatic rings. The molecule has 0 aliphatic carbocycles. The fraction of sp³-hybridized carbons (Fsp3) is 0.500. The van der Waals surface area contributed by atoms with Gasteiger partial charge in [0, 0.05) is 18.7 Å². The summed E-state index contributed by atoms with van der Waals surface area (Å²) in [6.07, 6.45) is 0.0458. The molecule has 1 aliphatic heterocycles. The highest BCUT2D eigenvalue weighted by atomic mass is 16.5. The van der Waals surface area contributed by atoms with E-state index in [1.807, 2.05) is 19.9 Å². The molecule has 1 heterocycles. The van der Waals surface area contributed by atoms with Crippen LogP contribution in [0, 0.1) is 0 Å². The van der Waals surface area contributed by atoms with Crippen molar-refractivity contribution in [2.75, 3.05) is 13.1 Å². The lowest BCUT2D eigenvalue weighted by atomic mass is 10.1. The zero-order chi connectivity index (χ0) is 15.4. The van der Waals surface area contributed by atoms with Crippen LogP contribution in [0.3, 0.4) is 0 Å². The highest BCUT2D eigenvalue weighted by Crippen LogP contribution is 2.12. The number of carbonyl (C=O) groups is 2. The summed E-state index contributed by atoms with van der Waals surface area (Å²) in [7, 11) is 0. The van der Waals surface area contributed by atoms with Crippen LogP contribution in [0.15, 0.2) is 30.3 Å². The normalized spacial score (nSPS) is 23.5. The van der Waals surface area contributed by atoms with Crippen molar-refractivity contribution in [3.05, 3.63) is 35.9 Å². The Kier molecular flexibility index (Phi) is 4.96. The predicted octanol–water partition coefficient (Wildman–Crippen LogP) is 1.44. The highest BCUT2D eigenvalue weighted by Gasteiger charge is 2.29. The summed E-state index contributed by atoms with van der Waals surface area (Å²) in [5.41, 5.74) is 0.556. The first-order valence-electron chi connectivity index (χ1n) is 7.27. The van der Waals surface area contributed by atoms with Crippen LogP contribution in [-0.2, 0) is 9.53 Å². The van der Waals surface area contributed by atoms with Gasteiger partial charge >= 0.3 is 0 Å². The van der Waals surface area contributed by atoms with Crippen LogP contribution < -0.4 is 5.32 Å². The summed E-state index contributed by atoms with van der Waals surface area (Å²) in [6.45, 7) is 6.74. The number of nitrogens with one attached hydrogen (secondary N) is 1. The van der Waals surface area contributed by atoms with Gasteiger partial charge in [0.15, 0.2) is 0 Å². The van der Waals surface area contributed by atoms with E-state index >= 15 is 0 Å². The number of carbonyl (C=O) groups excluding carboxylic acids is 2. The Bertz CT molecular complexity index is 494. The topological polar surface area (TPSA) is 58.6 Å². The Morgan fingerprint density at radius 2 is 1.76 bits per heavy atom. The van der Waals surface area contributed by atoms with Gasteiger partial charge in [-0.1, -0.05) is 18.2 Å². The van der Waals surface area contributed by atoms with E-state index in [1.165, 1.54) is 0 Å². The molecule has 21 heavy (non-hydrogen) atoms. The summed E-state index contributed by atoms with van der Waals surface area (Å²) in [6, 6.07) is 8.35. The largest absolute Gasteiger partial charge is 0.372 e. The van der Waals surface area contributed by atoms with Crippen molar-refractivity contribution in [1.82, 2.24) is 10.2 Å². The molecule has 0 radical (unpaired) electrons. The minimum absolute atomic E-state index is 0.0229. The molecule has 0 aromatic heterocycles. The van der Waals surface area contributed by atoms with Crippen LogP contribution in [0.4, 0.5) is 0 Å². The Labute approximate surface area is 125 Å². The molecule has 1 saturated heterocycles. The first-order chi connectivity index (χ1) is 9.97. The quantitative estimate of drug-likeness (QED) is 0.916. The maximum Gasteiger partial charge on any atom is 0.251 e. The van der Waals surface area contributed by atoms with Gasteiger partial charge in [-0.05, 0) is 32.9 Å². The lowest BCUT2D eigenvalue weighted by molar-refractivity contribution is -0.144. The van der Waals surface area contributed by atoms with Gasteiger partial charge < -0.3 is 15.0 Å². The van der Waals surface area contributed by atoms with Gasteiger partial charge in [-0.25, -0.2) is 0 Å². The Balaban J connectivity index is 1.95. The molecule has 5 heteroatoms. The molecule has 0 saturated carbocycles. The summed E-state index contributed by atoms with van der Waals surface area (Å²) >= 11 is 0. The molecule has 0 bridgehead atoms. The second kappa shape index (κ2) is 6.72. The maximum atomic E-state index is 12.4. The fourth-order valence-corrected chi connectivity index (χ4v) is 2.56. The number of amides is 2. The molecular weight excluding hydrogens is 268 g/mol. The van der Waals surface area contributed by atoms with E-state index in [0.717, 1.165) is 0 Å². The van der Waals surface area contributed by atoms with Crippen molar-refractivity contribution < 1.29 is 14.3 Å². The standard InChI is InChI=1S/C16H22N2O3/c1-11-9-18(10-12(2)21-11)16(20)13(3)17-15(19)14-7-5-4-6-8-14/h4-8,11-13H,9-10H2,1-3H3,(H,17,19). The predicted molar refractivity (Wildman–Crippen MR) is 80.0 cm³/mol. The van der Waals surface area contributed by atoms with Crippen molar-refractivity contribution in [1.29, 1.82) is 0 Å². The number of ether oxygens (including phenoxy) is 1. The number of rotatable bonds is 3. The van der Waals surface area contributed by atoms with Gasteiger partial charge in [0.2, 0.25) is 5.91 Å². The molecule has 1 aromatic rings. The molecule has 3 unspecified atom stereocenters. The lowest BCUT2D eigenvalue weighted by Crippen LogP contribution is -2.54. The minimum Gasteiger partial charge on any atom is -0.372 e. The smallest absolute Gasteiger partial charge is 0.251 e. The monoisotopic (exact) mass is 290 g/mol. The maximum absolute atomic E-state index is 12.4. The van der Waals surface area contributed by atoms with Crippen LogP contribution in [0.2, 0.25) is 0 Å². The summed E-state index contributed by atoms with van der Waals surface area (Å²) in [5, 5.41) is 2.75. The van der Waals surface area contributed by atoms with Gasteiger partial charge in [-0.2, -0.15) is 0 Å². The van der Waals surface area contributed by atoms with Crippen LogP contribution in [0.1, 0.15) is 31.1 Å². The van der Waals surface area contributed by atoms with Crippen molar-refractivity contribution in [2.24, 2.45) is 0 Å². The number of morpholine rings is 1. The van der Waals surface area contributed by atoms with Gasteiger partial charge in [0.1, 0.15) is 6.04 Å². The van der Waals surface area contributed by atoms with Crippen LogP contribution >= 0.6 is 0 Å². The average Bonchev–Trinajstić information content (AvgIpc) is 2.46. The fourth-order valence-electron chi connectivity index (χ4n) is 2.56. The third-order valence-electron chi connectivity index (χ3n) is 3.49. The van der Waals surface area contributed by atoms with E-state index in [1.54, 1.807) is 36.1 Å². The number of benzene rings is 1. The zero-order valence-electron chi connectivity index (χ0n) is 12.7. The second-order valence-electron chi connectivity index (χ2n) is 5.56. The molecule has 1 N–H and O–H groups in total. The molecule has 114 valence electrons. The van der Waals surface area contributed by atoms with Crippen LogP contribution in [0.25, 0.3) is 0 Å². The van der Waals surface area contributed by atoms with Crippen molar-refractivity contribution in [3.63, 3.8) is 0 Å². The van der Waals surface area contributed by atoms with E-state index in [9.17, 15) is 9.59 Å². The summed E-state index contributed by atoms with van der Waals surface area (Å²) in [5.74, 6) is -0.299. The van der Waals surface area contributed by atoms with E-state index in [0.29, 0.717) is 18.7 Å². The molecular formula is C16H22N2O3. The third-order valence-corrected chi connectivity index (χ3v) is 3.49. The Morgan fingerprint density at radius 3 is 2.33 bits per heavy atom. The van der Waals surface area contributed by atoms with E-state index in [4.69, 9.17) is 4.74 Å². The third kappa shape index (κ3) is 4.04. The molecule has 5 nitrogen and oxygen atoms in total. The molecule has 0 spiro atoms. The number of hydrogen-bond donors (Lipinski definition) is 1. The zero-order valence-corrected chi connectivity index (χ0v) is 12.7. The van der Waals surface area contributed by atoms with E-state index in [2.05, 4.69) is 5.32 Å². The molecule has 1 fully saturated rings. The van der Waals surface area contributed by atoms with Gasteiger partial charge in [-0.3, -0.25) is 9.59 Å². The van der Waals surface area contributed by atoms with Gasteiger partial charge in [0.05, 0.1) is 12.2 Å². The molecule has 1 aromatic carbocycles. The SMILES string of the molecule is CC1CN(C(=O)C(C)NC(=O)c2ccccc2)CC(C)O1. The summed E-state index contributed by atoms with van der Waals surface area (Å²) in [4.78, 5) is 26.2. The molecule has 2 amide bonds. The van der Waals surface area contributed by atoms with E-state index in [-0.39, 0.29) is 24.0 Å².